The lowest BCUT2D eigenvalue weighted by molar-refractivity contribution is 0.0679. The zero-order valence-corrected chi connectivity index (χ0v) is 13.6. The quantitative estimate of drug-likeness (QED) is 0.882. The molecule has 1 aliphatic rings. The van der Waals surface area contributed by atoms with Gasteiger partial charge in [0.25, 0.3) is 5.91 Å². The fourth-order valence-corrected chi connectivity index (χ4v) is 3.00. The van der Waals surface area contributed by atoms with E-state index in [-0.39, 0.29) is 5.91 Å². The Morgan fingerprint density at radius 1 is 1.19 bits per heavy atom. The maximum atomic E-state index is 12.6. The van der Waals surface area contributed by atoms with Crippen molar-refractivity contribution in [1.82, 2.24) is 4.90 Å². The lowest BCUT2D eigenvalue weighted by Gasteiger charge is -2.33. The van der Waals surface area contributed by atoms with Gasteiger partial charge in [0.05, 0.1) is 0 Å². The summed E-state index contributed by atoms with van der Waals surface area (Å²) >= 11 is 0. The van der Waals surface area contributed by atoms with E-state index in [2.05, 4.69) is 19.2 Å². The molecule has 116 valence electrons. The maximum absolute atomic E-state index is 12.6. The van der Waals surface area contributed by atoms with E-state index in [1.807, 2.05) is 36.2 Å². The van der Waals surface area contributed by atoms with Crippen molar-refractivity contribution in [3.05, 3.63) is 29.8 Å². The van der Waals surface area contributed by atoms with Gasteiger partial charge in [0.15, 0.2) is 0 Å². The molecule has 1 amide bonds. The van der Waals surface area contributed by atoms with Crippen LogP contribution < -0.4 is 5.32 Å². The summed E-state index contributed by atoms with van der Waals surface area (Å²) in [5.74, 6) is 0.963. The van der Waals surface area contributed by atoms with Crippen LogP contribution in [0.5, 0.6) is 0 Å². The summed E-state index contributed by atoms with van der Waals surface area (Å²) in [5, 5.41) is 3.33. The molecule has 3 heteroatoms. The van der Waals surface area contributed by atoms with E-state index < -0.39 is 0 Å². The minimum absolute atomic E-state index is 0.150. The van der Waals surface area contributed by atoms with Crippen LogP contribution in [0.3, 0.4) is 0 Å². The van der Waals surface area contributed by atoms with Gasteiger partial charge in [0, 0.05) is 30.9 Å². The highest BCUT2D eigenvalue weighted by Gasteiger charge is 2.25. The zero-order chi connectivity index (χ0) is 15.2. The third-order valence-corrected chi connectivity index (χ3v) is 4.56. The summed E-state index contributed by atoms with van der Waals surface area (Å²) in [5.41, 5.74) is 1.88. The van der Waals surface area contributed by atoms with E-state index in [0.29, 0.717) is 6.04 Å². The van der Waals surface area contributed by atoms with Crippen LogP contribution in [0.1, 0.15) is 56.3 Å². The summed E-state index contributed by atoms with van der Waals surface area (Å²) in [4.78, 5) is 14.5. The number of carbonyl (C=O) groups excluding carboxylic acids is 1. The number of anilines is 1. The van der Waals surface area contributed by atoms with Crippen LogP contribution in [0.4, 0.5) is 5.69 Å². The number of hydrogen-bond donors (Lipinski definition) is 1. The number of hydrogen-bond acceptors (Lipinski definition) is 2. The van der Waals surface area contributed by atoms with E-state index in [4.69, 9.17) is 0 Å². The van der Waals surface area contributed by atoms with Gasteiger partial charge in [-0.05, 0) is 62.3 Å². The Balaban J connectivity index is 1.95. The number of nitrogens with zero attached hydrogens (tertiary/aromatic N) is 1. The Bertz CT molecular complexity index is 447. The van der Waals surface area contributed by atoms with Crippen molar-refractivity contribution in [3.8, 4) is 0 Å². The molecule has 0 unspecified atom stereocenters. The van der Waals surface area contributed by atoms with Crippen LogP contribution in [0, 0.1) is 5.92 Å². The van der Waals surface area contributed by atoms with Crippen molar-refractivity contribution in [2.75, 3.05) is 18.9 Å². The largest absolute Gasteiger partial charge is 0.385 e. The van der Waals surface area contributed by atoms with Gasteiger partial charge in [0.2, 0.25) is 0 Å². The second-order valence-electron chi connectivity index (χ2n) is 6.33. The van der Waals surface area contributed by atoms with Crippen LogP contribution in [0.15, 0.2) is 24.3 Å². The maximum Gasteiger partial charge on any atom is 0.253 e. The molecule has 2 rings (SSSR count). The second-order valence-corrected chi connectivity index (χ2v) is 6.33. The number of amides is 1. The number of carbonyl (C=O) groups is 1. The van der Waals surface area contributed by atoms with Gasteiger partial charge in [-0.15, -0.1) is 0 Å². The first-order valence-electron chi connectivity index (χ1n) is 8.23. The number of rotatable bonds is 5. The SMILES string of the molecule is CCCNc1ccc(C(=O)N(C)C2CCC(C)CC2)cc1. The first-order valence-corrected chi connectivity index (χ1v) is 8.23. The highest BCUT2D eigenvalue weighted by Crippen LogP contribution is 2.27. The van der Waals surface area contributed by atoms with Gasteiger partial charge in [0.1, 0.15) is 0 Å². The molecular formula is C18H28N2O. The molecule has 0 saturated heterocycles. The van der Waals surface area contributed by atoms with Gasteiger partial charge >= 0.3 is 0 Å². The molecule has 0 heterocycles. The molecule has 1 N–H and O–H groups in total. The van der Waals surface area contributed by atoms with Gasteiger partial charge in [-0.25, -0.2) is 0 Å². The number of benzene rings is 1. The Morgan fingerprint density at radius 2 is 1.81 bits per heavy atom. The molecule has 21 heavy (non-hydrogen) atoms. The van der Waals surface area contributed by atoms with E-state index in [0.717, 1.165) is 43.0 Å². The van der Waals surface area contributed by atoms with Gasteiger partial charge < -0.3 is 10.2 Å². The van der Waals surface area contributed by atoms with Gasteiger partial charge in [-0.3, -0.25) is 4.79 Å². The van der Waals surface area contributed by atoms with E-state index in [1.54, 1.807) is 0 Å². The third kappa shape index (κ3) is 4.23. The predicted octanol–water partition coefficient (Wildman–Crippen LogP) is 4.16. The topological polar surface area (TPSA) is 32.3 Å². The van der Waals surface area contributed by atoms with Gasteiger partial charge in [-0.1, -0.05) is 13.8 Å². The third-order valence-electron chi connectivity index (χ3n) is 4.56. The number of nitrogens with one attached hydrogen (secondary N) is 1. The molecule has 0 atom stereocenters. The average Bonchev–Trinajstić information content (AvgIpc) is 2.53. The summed E-state index contributed by atoms with van der Waals surface area (Å²) in [7, 11) is 1.95. The minimum Gasteiger partial charge on any atom is -0.385 e. The van der Waals surface area contributed by atoms with Crippen molar-refractivity contribution >= 4 is 11.6 Å². The van der Waals surface area contributed by atoms with E-state index in [9.17, 15) is 4.79 Å². The highest BCUT2D eigenvalue weighted by atomic mass is 16.2. The smallest absolute Gasteiger partial charge is 0.253 e. The molecule has 0 aliphatic heterocycles. The molecule has 0 radical (unpaired) electrons. The Kier molecular flexibility index (Phi) is 5.66. The lowest BCUT2D eigenvalue weighted by atomic mass is 9.86. The summed E-state index contributed by atoms with van der Waals surface area (Å²) in [6.07, 6.45) is 5.85. The molecule has 0 spiro atoms. The van der Waals surface area contributed by atoms with Gasteiger partial charge in [-0.2, -0.15) is 0 Å². The fraction of sp³-hybridized carbons (Fsp3) is 0.611. The monoisotopic (exact) mass is 288 g/mol. The molecule has 0 bridgehead atoms. The fourth-order valence-electron chi connectivity index (χ4n) is 3.00. The second kappa shape index (κ2) is 7.48. The summed E-state index contributed by atoms with van der Waals surface area (Å²) in [6.45, 7) is 5.42. The molecular weight excluding hydrogens is 260 g/mol. The van der Waals surface area contributed by atoms with E-state index >= 15 is 0 Å². The molecule has 1 aromatic carbocycles. The van der Waals surface area contributed by atoms with Crippen LogP contribution in [-0.2, 0) is 0 Å². The Labute approximate surface area is 128 Å². The predicted molar refractivity (Wildman–Crippen MR) is 88.7 cm³/mol. The molecule has 0 aromatic heterocycles. The van der Waals surface area contributed by atoms with Crippen molar-refractivity contribution in [3.63, 3.8) is 0 Å². The van der Waals surface area contributed by atoms with Crippen molar-refractivity contribution in [1.29, 1.82) is 0 Å². The Morgan fingerprint density at radius 3 is 2.38 bits per heavy atom. The van der Waals surface area contributed by atoms with Crippen molar-refractivity contribution in [2.24, 2.45) is 5.92 Å². The van der Waals surface area contributed by atoms with E-state index in [1.165, 1.54) is 12.8 Å². The normalized spacial score (nSPS) is 21.9. The molecule has 3 nitrogen and oxygen atoms in total. The molecule has 1 aromatic rings. The molecule has 1 saturated carbocycles. The van der Waals surface area contributed by atoms with Crippen LogP contribution >= 0.6 is 0 Å². The Hall–Kier alpha value is -1.51. The zero-order valence-electron chi connectivity index (χ0n) is 13.6. The van der Waals surface area contributed by atoms with Crippen LogP contribution in [0.2, 0.25) is 0 Å². The lowest BCUT2D eigenvalue weighted by Crippen LogP contribution is -2.39. The van der Waals surface area contributed by atoms with Crippen LogP contribution in [0.25, 0.3) is 0 Å². The first kappa shape index (κ1) is 15.9. The van der Waals surface area contributed by atoms with Crippen molar-refractivity contribution < 1.29 is 4.79 Å². The first-order chi connectivity index (χ1) is 10.1. The van der Waals surface area contributed by atoms with Crippen molar-refractivity contribution in [2.45, 2.75) is 52.0 Å². The average molecular weight is 288 g/mol. The van der Waals surface area contributed by atoms with Crippen LogP contribution in [-0.4, -0.2) is 30.4 Å². The standard InChI is InChI=1S/C18H28N2O/c1-4-13-19-16-9-7-15(8-10-16)18(21)20(3)17-11-5-14(2)6-12-17/h7-10,14,17,19H,4-6,11-13H2,1-3H3. The summed E-state index contributed by atoms with van der Waals surface area (Å²) < 4.78 is 0. The highest BCUT2D eigenvalue weighted by molar-refractivity contribution is 5.94. The summed E-state index contributed by atoms with van der Waals surface area (Å²) in [6, 6.07) is 8.27. The molecule has 1 aliphatic carbocycles. The minimum atomic E-state index is 0.150. The molecule has 1 fully saturated rings.